The fourth-order valence-electron chi connectivity index (χ4n) is 3.92. The van der Waals surface area contributed by atoms with Crippen LogP contribution in [0.2, 0.25) is 0 Å². The van der Waals surface area contributed by atoms with E-state index in [9.17, 15) is 14.0 Å². The molecule has 2 aromatic carbocycles. The lowest BCUT2D eigenvalue weighted by molar-refractivity contribution is -0.128. The van der Waals surface area contributed by atoms with Gasteiger partial charge in [-0.25, -0.2) is 9.38 Å². The van der Waals surface area contributed by atoms with Gasteiger partial charge < -0.3 is 10.1 Å². The number of amides is 1. The van der Waals surface area contributed by atoms with Crippen molar-refractivity contribution >= 4 is 44.5 Å². The molecule has 2 aromatic rings. The minimum atomic E-state index is -1.08. The minimum absolute atomic E-state index is 0.0233. The van der Waals surface area contributed by atoms with Crippen LogP contribution in [0.25, 0.3) is 0 Å². The molecule has 0 aromatic heterocycles. The summed E-state index contributed by atoms with van der Waals surface area (Å²) in [6.45, 7) is 1.86. The topological polar surface area (TPSA) is 67.8 Å². The highest BCUT2D eigenvalue weighted by atomic mass is 79.9. The van der Waals surface area contributed by atoms with Crippen molar-refractivity contribution in [1.82, 2.24) is 5.32 Å². The molecule has 2 aliphatic rings. The highest BCUT2D eigenvalue weighted by Crippen LogP contribution is 2.49. The minimum Gasteiger partial charge on any atom is -0.367 e. The van der Waals surface area contributed by atoms with Crippen molar-refractivity contribution in [2.24, 2.45) is 10.9 Å². The zero-order chi connectivity index (χ0) is 21.3. The second-order valence-electron chi connectivity index (χ2n) is 7.25. The highest BCUT2D eigenvalue weighted by Gasteiger charge is 2.56. The number of rotatable bonds is 4. The van der Waals surface area contributed by atoms with E-state index < -0.39 is 17.5 Å². The molecular formula is C22H20BrFN2O3S. The fraction of sp³-hybridized carbons (Fsp3) is 0.318. The van der Waals surface area contributed by atoms with Crippen LogP contribution in [0.1, 0.15) is 29.3 Å². The van der Waals surface area contributed by atoms with Crippen molar-refractivity contribution in [3.63, 3.8) is 0 Å². The maximum Gasteiger partial charge on any atom is 0.257 e. The third kappa shape index (κ3) is 3.84. The lowest BCUT2D eigenvalue weighted by Gasteiger charge is -2.36. The lowest BCUT2D eigenvalue weighted by Crippen LogP contribution is -2.45. The molecule has 0 aliphatic carbocycles. The van der Waals surface area contributed by atoms with E-state index in [0.717, 1.165) is 0 Å². The van der Waals surface area contributed by atoms with Crippen LogP contribution in [0.15, 0.2) is 58.0 Å². The molecule has 1 unspecified atom stereocenters. The summed E-state index contributed by atoms with van der Waals surface area (Å²) in [5, 5.41) is 3.23. The molecule has 1 fully saturated rings. The summed E-state index contributed by atoms with van der Waals surface area (Å²) in [4.78, 5) is 29.9. The first-order chi connectivity index (χ1) is 14.4. The van der Waals surface area contributed by atoms with E-state index in [1.807, 2.05) is 6.07 Å². The van der Waals surface area contributed by atoms with Gasteiger partial charge in [0.25, 0.3) is 5.91 Å². The first kappa shape index (κ1) is 21.2. The first-order valence-corrected chi connectivity index (χ1v) is 11.4. The summed E-state index contributed by atoms with van der Waals surface area (Å²) in [6.07, 6.45) is -0.305. The molecule has 0 spiro atoms. The summed E-state index contributed by atoms with van der Waals surface area (Å²) < 4.78 is 21.5. The number of thioether (sulfide) groups is 1. The summed E-state index contributed by atoms with van der Waals surface area (Å²) >= 11 is 4.75. The molecule has 30 heavy (non-hydrogen) atoms. The van der Waals surface area contributed by atoms with Gasteiger partial charge in [0.1, 0.15) is 17.5 Å². The number of fused-ring (bicyclic) bond motifs is 1. The molecule has 8 heteroatoms. The molecule has 3 atom stereocenters. The van der Waals surface area contributed by atoms with E-state index in [0.29, 0.717) is 32.9 Å². The second kappa shape index (κ2) is 8.61. The molecule has 156 valence electrons. The molecule has 2 aliphatic heterocycles. The van der Waals surface area contributed by atoms with Gasteiger partial charge in [-0.05, 0) is 30.3 Å². The number of carbonyl (C=O) groups excluding carboxylic acids is 2. The third-order valence-corrected chi connectivity index (χ3v) is 6.97. The first-order valence-electron chi connectivity index (χ1n) is 9.63. The smallest absolute Gasteiger partial charge is 0.257 e. The zero-order valence-electron chi connectivity index (χ0n) is 16.2. The van der Waals surface area contributed by atoms with Gasteiger partial charge in [-0.2, -0.15) is 0 Å². The van der Waals surface area contributed by atoms with Gasteiger partial charge >= 0.3 is 0 Å². The monoisotopic (exact) mass is 490 g/mol. The van der Waals surface area contributed by atoms with E-state index >= 15 is 0 Å². The van der Waals surface area contributed by atoms with E-state index in [4.69, 9.17) is 9.73 Å². The van der Waals surface area contributed by atoms with Crippen molar-refractivity contribution in [3.05, 3.63) is 69.9 Å². The summed E-state index contributed by atoms with van der Waals surface area (Å²) in [6, 6.07) is 13.5. The van der Waals surface area contributed by atoms with E-state index in [1.54, 1.807) is 43.3 Å². The molecule has 2 heterocycles. The Morgan fingerprint density at radius 3 is 2.80 bits per heavy atom. The van der Waals surface area contributed by atoms with Crippen LogP contribution in [0.5, 0.6) is 0 Å². The maximum atomic E-state index is 14.9. The molecule has 1 saturated heterocycles. The standard InChI is InChI=1S/C22H20BrFN2O3S/c1-2-18(27)19-16-11-30-21(25-20(28)13-6-4-3-5-7-13)26-22(16,12-29-19)15-10-14(23)8-9-17(15)24/h3-10,16,19H,2,11-12H2,1H3,(H,25,26,28)/t16?,19-,22+/m0/s1. The van der Waals surface area contributed by atoms with Gasteiger partial charge in [-0.15, -0.1) is 0 Å². The number of hydrogen-bond donors (Lipinski definition) is 1. The van der Waals surface area contributed by atoms with Gasteiger partial charge in [0.15, 0.2) is 11.0 Å². The van der Waals surface area contributed by atoms with Crippen LogP contribution in [0.4, 0.5) is 4.39 Å². The average Bonchev–Trinajstić information content (AvgIpc) is 3.15. The van der Waals surface area contributed by atoms with Gasteiger partial charge in [-0.3, -0.25) is 9.59 Å². The predicted octanol–water partition coefficient (Wildman–Crippen LogP) is 4.31. The van der Waals surface area contributed by atoms with Gasteiger partial charge in [0.2, 0.25) is 0 Å². The predicted molar refractivity (Wildman–Crippen MR) is 118 cm³/mol. The average molecular weight is 491 g/mol. The van der Waals surface area contributed by atoms with Crippen molar-refractivity contribution in [2.45, 2.75) is 25.0 Å². The van der Waals surface area contributed by atoms with Crippen LogP contribution in [-0.2, 0) is 15.1 Å². The number of carbonyl (C=O) groups is 2. The number of halogens is 2. The van der Waals surface area contributed by atoms with Crippen molar-refractivity contribution in [2.75, 3.05) is 12.4 Å². The number of benzene rings is 2. The quantitative estimate of drug-likeness (QED) is 0.693. The lowest BCUT2D eigenvalue weighted by atomic mass is 9.77. The Balaban J connectivity index is 1.74. The summed E-state index contributed by atoms with van der Waals surface area (Å²) in [5.74, 6) is -0.567. The van der Waals surface area contributed by atoms with Crippen LogP contribution >= 0.6 is 27.7 Å². The second-order valence-corrected chi connectivity index (χ2v) is 9.18. The van der Waals surface area contributed by atoms with E-state index in [1.165, 1.54) is 17.8 Å². The number of amidine groups is 1. The Morgan fingerprint density at radius 2 is 2.07 bits per heavy atom. The van der Waals surface area contributed by atoms with Crippen molar-refractivity contribution in [3.8, 4) is 0 Å². The zero-order valence-corrected chi connectivity index (χ0v) is 18.6. The Hall–Kier alpha value is -2.03. The van der Waals surface area contributed by atoms with Crippen LogP contribution < -0.4 is 5.32 Å². The molecular weight excluding hydrogens is 471 g/mol. The maximum absolute atomic E-state index is 14.9. The number of ketones is 1. The molecule has 0 bridgehead atoms. The SMILES string of the molecule is CCC(=O)[C@H]1OC[C@]2(c3cc(Br)ccc3F)N=C(NC(=O)c3ccccc3)SCC12. The van der Waals surface area contributed by atoms with Crippen LogP contribution in [0.3, 0.4) is 0 Å². The van der Waals surface area contributed by atoms with E-state index in [2.05, 4.69) is 21.2 Å². The molecule has 0 saturated carbocycles. The van der Waals surface area contributed by atoms with Gasteiger partial charge in [0.05, 0.1) is 6.61 Å². The molecule has 1 amide bonds. The van der Waals surface area contributed by atoms with Crippen molar-refractivity contribution in [1.29, 1.82) is 0 Å². The Bertz CT molecular complexity index is 1020. The Labute approximate surface area is 186 Å². The summed E-state index contributed by atoms with van der Waals surface area (Å²) in [7, 11) is 0. The summed E-state index contributed by atoms with van der Waals surface area (Å²) in [5.41, 5.74) is -0.208. The number of nitrogens with zero attached hydrogens (tertiary/aromatic N) is 1. The number of nitrogens with one attached hydrogen (secondary N) is 1. The van der Waals surface area contributed by atoms with Crippen LogP contribution in [-0.4, -0.2) is 35.3 Å². The van der Waals surface area contributed by atoms with Crippen LogP contribution in [0, 0.1) is 11.7 Å². The van der Waals surface area contributed by atoms with E-state index in [-0.39, 0.29) is 24.2 Å². The number of Topliss-reactive ketones (excluding diaryl/α,β-unsaturated/α-hetero) is 1. The Morgan fingerprint density at radius 1 is 1.30 bits per heavy atom. The van der Waals surface area contributed by atoms with Crippen molar-refractivity contribution < 1.29 is 18.7 Å². The van der Waals surface area contributed by atoms with Gasteiger partial charge in [0, 0.05) is 33.7 Å². The third-order valence-electron chi connectivity index (χ3n) is 5.48. The Kier molecular flexibility index (Phi) is 6.09. The molecule has 1 N–H and O–H groups in total. The van der Waals surface area contributed by atoms with Gasteiger partial charge in [-0.1, -0.05) is 52.8 Å². The normalized spacial score (nSPS) is 25.4. The number of ether oxygens (including phenoxy) is 1. The fourth-order valence-corrected chi connectivity index (χ4v) is 5.46. The highest BCUT2D eigenvalue weighted by molar-refractivity contribution is 9.10. The number of aliphatic imine (C=N–C) groups is 1. The molecule has 4 rings (SSSR count). The molecule has 5 nitrogen and oxygen atoms in total. The largest absolute Gasteiger partial charge is 0.367 e. The molecule has 0 radical (unpaired) electrons. The number of hydrogen-bond acceptors (Lipinski definition) is 5.